The van der Waals surface area contributed by atoms with Gasteiger partial charge in [0.15, 0.2) is 0 Å². The minimum absolute atomic E-state index is 0.0567. The number of hydrogen-bond donors (Lipinski definition) is 4. The van der Waals surface area contributed by atoms with E-state index in [0.717, 1.165) is 44.9 Å². The number of amides is 1. The van der Waals surface area contributed by atoms with Crippen molar-refractivity contribution in [2.75, 3.05) is 19.8 Å². The molecule has 49 heavy (non-hydrogen) atoms. The topological polar surface area (TPSA) is 131 Å². The van der Waals surface area contributed by atoms with Crippen molar-refractivity contribution in [1.82, 2.24) is 5.32 Å². The molecule has 0 bridgehead atoms. The van der Waals surface area contributed by atoms with Crippen LogP contribution in [0, 0.1) is 0 Å². The third-order valence-corrected chi connectivity index (χ3v) is 8.43. The van der Waals surface area contributed by atoms with E-state index in [4.69, 9.17) is 14.8 Å². The molecule has 0 spiro atoms. The van der Waals surface area contributed by atoms with Crippen molar-refractivity contribution >= 4 is 13.7 Å². The molecule has 0 radical (unpaired) electrons. The Morgan fingerprint density at radius 1 is 0.694 bits per heavy atom. The van der Waals surface area contributed by atoms with Crippen LogP contribution in [0.25, 0.3) is 0 Å². The van der Waals surface area contributed by atoms with E-state index in [1.54, 1.807) is 6.08 Å². The second-order valence-corrected chi connectivity index (χ2v) is 13.5. The predicted molar refractivity (Wildman–Crippen MR) is 207 cm³/mol. The Morgan fingerprint density at radius 2 is 1.20 bits per heavy atom. The predicted octanol–water partition coefficient (Wildman–Crippen LogP) is 9.88. The maximum Gasteiger partial charge on any atom is 0.472 e. The molecule has 0 heterocycles. The van der Waals surface area contributed by atoms with Crippen LogP contribution < -0.4 is 11.1 Å². The van der Waals surface area contributed by atoms with Crippen LogP contribution in [-0.4, -0.2) is 47.8 Å². The van der Waals surface area contributed by atoms with Gasteiger partial charge in [-0.05, 0) is 70.6 Å². The number of rotatable bonds is 33. The number of aliphatic hydroxyl groups is 1. The van der Waals surface area contributed by atoms with Gasteiger partial charge in [-0.15, -0.1) is 0 Å². The number of aliphatic hydroxyl groups excluding tert-OH is 1. The lowest BCUT2D eigenvalue weighted by Crippen LogP contribution is -2.45. The summed E-state index contributed by atoms with van der Waals surface area (Å²) in [4.78, 5) is 22.5. The van der Waals surface area contributed by atoms with Crippen LogP contribution in [0.15, 0.2) is 85.1 Å². The van der Waals surface area contributed by atoms with Crippen LogP contribution in [0.2, 0.25) is 0 Å². The summed E-state index contributed by atoms with van der Waals surface area (Å²) in [6.07, 6.45) is 46.5. The number of nitrogens with one attached hydrogen (secondary N) is 1. The summed E-state index contributed by atoms with van der Waals surface area (Å²) in [5, 5.41) is 13.5. The van der Waals surface area contributed by atoms with E-state index in [1.165, 1.54) is 51.4 Å². The van der Waals surface area contributed by atoms with E-state index in [9.17, 15) is 19.4 Å². The fourth-order valence-electron chi connectivity index (χ4n) is 4.64. The fraction of sp³-hybridized carbons (Fsp3) is 0.625. The lowest BCUT2D eigenvalue weighted by atomic mass is 10.1. The van der Waals surface area contributed by atoms with Crippen LogP contribution in [0.3, 0.4) is 0 Å². The first-order valence-corrected chi connectivity index (χ1v) is 20.2. The molecule has 9 heteroatoms. The molecule has 0 aliphatic carbocycles. The van der Waals surface area contributed by atoms with Gasteiger partial charge in [-0.2, -0.15) is 0 Å². The molecule has 1 amide bonds. The summed E-state index contributed by atoms with van der Waals surface area (Å²) in [6, 6.07) is -0.925. The highest BCUT2D eigenvalue weighted by Crippen LogP contribution is 2.43. The van der Waals surface area contributed by atoms with Crippen LogP contribution in [-0.2, 0) is 18.4 Å². The molecule has 0 aromatic carbocycles. The summed E-state index contributed by atoms with van der Waals surface area (Å²) >= 11 is 0. The summed E-state index contributed by atoms with van der Waals surface area (Å²) in [5.74, 6) is -0.293. The van der Waals surface area contributed by atoms with Crippen molar-refractivity contribution in [3.63, 3.8) is 0 Å². The molecular weight excluding hydrogens is 635 g/mol. The van der Waals surface area contributed by atoms with Gasteiger partial charge in [0.2, 0.25) is 5.91 Å². The number of allylic oxidation sites excluding steroid dienone is 13. The summed E-state index contributed by atoms with van der Waals surface area (Å²) in [6.45, 7) is 3.89. The second kappa shape index (κ2) is 35.5. The first kappa shape index (κ1) is 46.7. The van der Waals surface area contributed by atoms with Crippen LogP contribution >= 0.6 is 7.82 Å². The van der Waals surface area contributed by atoms with E-state index in [-0.39, 0.29) is 25.5 Å². The molecule has 0 aromatic rings. The number of phosphoric ester groups is 1. The third-order valence-electron chi connectivity index (χ3n) is 7.45. The van der Waals surface area contributed by atoms with Gasteiger partial charge in [-0.3, -0.25) is 13.8 Å². The van der Waals surface area contributed by atoms with Crippen LogP contribution in [0.1, 0.15) is 129 Å². The van der Waals surface area contributed by atoms with Gasteiger partial charge in [0.25, 0.3) is 0 Å². The van der Waals surface area contributed by atoms with Crippen molar-refractivity contribution in [2.24, 2.45) is 5.73 Å². The van der Waals surface area contributed by atoms with E-state index in [1.807, 2.05) is 18.2 Å². The normalized spacial score (nSPS) is 15.3. The SMILES string of the molecule is CC/C=C\C/C=C\C/C=C\C/C=C\CCC(=O)NC(COP(=O)(O)OCCN)C(O)/C=C/CC/C=C/CC/C=C/CCCCCCCCC. The third kappa shape index (κ3) is 33.9. The molecule has 0 aliphatic heterocycles. The highest BCUT2D eigenvalue weighted by Gasteiger charge is 2.26. The van der Waals surface area contributed by atoms with Crippen LogP contribution in [0.5, 0.6) is 0 Å². The monoisotopic (exact) mass is 704 g/mol. The average molecular weight is 705 g/mol. The molecule has 3 unspecified atom stereocenters. The minimum atomic E-state index is -4.37. The zero-order chi connectivity index (χ0) is 36.1. The Hall–Kier alpha value is -2.32. The van der Waals surface area contributed by atoms with E-state index in [2.05, 4.69) is 79.9 Å². The quantitative estimate of drug-likeness (QED) is 0.0304. The second-order valence-electron chi connectivity index (χ2n) is 12.0. The zero-order valence-electron chi connectivity index (χ0n) is 30.6. The number of unbranched alkanes of at least 4 members (excludes halogenated alkanes) is 9. The lowest BCUT2D eigenvalue weighted by Gasteiger charge is -2.23. The number of nitrogens with two attached hydrogens (primary N) is 1. The standard InChI is InChI=1S/C40H69N2O6P/c1-3-5-7-9-11-13-15-17-18-19-20-22-23-25-27-29-31-33-39(43)38(37-48-49(45,46)47-36-35-41)42-40(44)34-32-30-28-26-24-21-16-14-12-10-8-6-4-2/h6,8,12,14,18-19,21,23-25,28,30-31,33,38-39,43H,3-5,7,9-11,13,15-17,20,22,26-27,29,32,34-37,41H2,1-2H3,(H,42,44)(H,45,46)/b8-6-,14-12-,19-18+,24-21-,25-23+,30-28-,33-31+. The molecule has 3 atom stereocenters. The Bertz CT molecular complexity index is 1030. The maximum atomic E-state index is 12.6. The van der Waals surface area contributed by atoms with Crippen molar-refractivity contribution in [3.05, 3.63) is 85.1 Å². The van der Waals surface area contributed by atoms with E-state index in [0.29, 0.717) is 12.8 Å². The summed E-state index contributed by atoms with van der Waals surface area (Å²) < 4.78 is 22.0. The molecular formula is C40H69N2O6P. The van der Waals surface area contributed by atoms with Gasteiger partial charge in [-0.25, -0.2) is 4.57 Å². The number of carbonyl (C=O) groups excluding carboxylic acids is 1. The van der Waals surface area contributed by atoms with Crippen molar-refractivity contribution in [2.45, 2.75) is 142 Å². The minimum Gasteiger partial charge on any atom is -0.387 e. The Morgan fingerprint density at radius 3 is 1.80 bits per heavy atom. The highest BCUT2D eigenvalue weighted by atomic mass is 31.2. The van der Waals surface area contributed by atoms with Gasteiger partial charge < -0.3 is 21.1 Å². The van der Waals surface area contributed by atoms with Crippen molar-refractivity contribution in [1.29, 1.82) is 0 Å². The van der Waals surface area contributed by atoms with E-state index >= 15 is 0 Å². The number of hydrogen-bond acceptors (Lipinski definition) is 6. The molecule has 5 N–H and O–H groups in total. The summed E-state index contributed by atoms with van der Waals surface area (Å²) in [5.41, 5.74) is 5.34. The summed E-state index contributed by atoms with van der Waals surface area (Å²) in [7, 11) is -4.37. The Labute approximate surface area is 299 Å². The molecule has 8 nitrogen and oxygen atoms in total. The fourth-order valence-corrected chi connectivity index (χ4v) is 5.40. The molecule has 280 valence electrons. The maximum absolute atomic E-state index is 12.6. The zero-order valence-corrected chi connectivity index (χ0v) is 31.5. The van der Waals surface area contributed by atoms with Gasteiger partial charge in [0, 0.05) is 13.0 Å². The first-order chi connectivity index (χ1) is 23.9. The smallest absolute Gasteiger partial charge is 0.387 e. The van der Waals surface area contributed by atoms with Gasteiger partial charge >= 0.3 is 7.82 Å². The Kier molecular flexibility index (Phi) is 33.8. The number of phosphoric acid groups is 1. The largest absolute Gasteiger partial charge is 0.472 e. The first-order valence-electron chi connectivity index (χ1n) is 18.7. The van der Waals surface area contributed by atoms with Gasteiger partial charge in [0.05, 0.1) is 25.4 Å². The van der Waals surface area contributed by atoms with Crippen LogP contribution in [0.4, 0.5) is 0 Å². The van der Waals surface area contributed by atoms with Crippen molar-refractivity contribution < 1.29 is 28.4 Å². The average Bonchev–Trinajstić information content (AvgIpc) is 3.09. The molecule has 0 aromatic heterocycles. The highest BCUT2D eigenvalue weighted by molar-refractivity contribution is 7.47. The number of carbonyl (C=O) groups is 1. The molecule has 0 saturated heterocycles. The lowest BCUT2D eigenvalue weighted by molar-refractivity contribution is -0.122. The molecule has 0 aliphatic rings. The van der Waals surface area contributed by atoms with E-state index < -0.39 is 26.6 Å². The Balaban J connectivity index is 4.54. The molecule has 0 fully saturated rings. The van der Waals surface area contributed by atoms with Gasteiger partial charge in [-0.1, -0.05) is 137 Å². The molecule has 0 saturated carbocycles. The molecule has 0 rings (SSSR count). The van der Waals surface area contributed by atoms with Crippen molar-refractivity contribution in [3.8, 4) is 0 Å². The van der Waals surface area contributed by atoms with Gasteiger partial charge in [0.1, 0.15) is 0 Å².